The first kappa shape index (κ1) is 10.6. The van der Waals surface area contributed by atoms with Crippen molar-refractivity contribution >= 4 is 12.0 Å². The van der Waals surface area contributed by atoms with Crippen molar-refractivity contribution in [3.8, 4) is 0 Å². The second kappa shape index (κ2) is 3.24. The molecule has 0 aromatic rings. The Morgan fingerprint density at radius 1 is 1.53 bits per heavy atom. The maximum Gasteiger partial charge on any atom is 0.429 e. The molecule has 17 heavy (non-hydrogen) atoms. The molecule has 2 aliphatic heterocycles. The number of β-lactam (4-membered cyclic amide) rings is 1. The van der Waals surface area contributed by atoms with Crippen LogP contribution >= 0.6 is 0 Å². The Morgan fingerprint density at radius 2 is 2.24 bits per heavy atom. The van der Waals surface area contributed by atoms with Crippen molar-refractivity contribution in [2.45, 2.75) is 32.9 Å². The average Bonchev–Trinajstić information content (AvgIpc) is 2.55. The van der Waals surface area contributed by atoms with E-state index in [0.29, 0.717) is 12.5 Å². The molecule has 2 saturated heterocycles. The monoisotopic (exact) mass is 236 g/mol. The van der Waals surface area contributed by atoms with Gasteiger partial charge in [-0.1, -0.05) is 18.6 Å². The summed E-state index contributed by atoms with van der Waals surface area (Å²) in [6, 6.07) is 0.176. The van der Waals surface area contributed by atoms with Gasteiger partial charge in [-0.25, -0.2) is 14.8 Å². The van der Waals surface area contributed by atoms with Crippen LogP contribution < -0.4 is 0 Å². The zero-order valence-corrected chi connectivity index (χ0v) is 10.2. The molecule has 0 unspecified atom stereocenters. The van der Waals surface area contributed by atoms with E-state index < -0.39 is 6.09 Å². The summed E-state index contributed by atoms with van der Waals surface area (Å²) in [6.07, 6.45) is 1.63. The molecular weight excluding hydrogens is 220 g/mol. The van der Waals surface area contributed by atoms with Crippen LogP contribution in [0.1, 0.15) is 20.8 Å². The first-order valence-corrected chi connectivity index (χ1v) is 6.05. The number of carbonyl (C=O) groups is 2. The number of hydrogen-bond acceptors (Lipinski definition) is 3. The van der Waals surface area contributed by atoms with E-state index in [-0.39, 0.29) is 23.9 Å². The van der Waals surface area contributed by atoms with Crippen LogP contribution in [-0.2, 0) is 9.53 Å². The Balaban J connectivity index is 1.90. The molecule has 2 fully saturated rings. The van der Waals surface area contributed by atoms with Crippen LogP contribution in [0, 0.1) is 11.8 Å². The van der Waals surface area contributed by atoms with E-state index in [0.717, 1.165) is 0 Å². The van der Waals surface area contributed by atoms with Crippen molar-refractivity contribution in [1.82, 2.24) is 10.0 Å². The molecule has 0 aromatic heterocycles. The third-order valence-electron chi connectivity index (χ3n) is 4.07. The van der Waals surface area contributed by atoms with E-state index in [9.17, 15) is 9.59 Å². The number of fused-ring (bicyclic) bond motifs is 3. The van der Waals surface area contributed by atoms with Gasteiger partial charge in [-0.2, -0.15) is 0 Å². The van der Waals surface area contributed by atoms with Crippen LogP contribution in [0.25, 0.3) is 0 Å². The maximum absolute atomic E-state index is 11.9. The highest BCUT2D eigenvalue weighted by atomic mass is 16.6. The molecule has 0 radical (unpaired) electrons. The van der Waals surface area contributed by atoms with E-state index in [1.165, 1.54) is 10.6 Å². The molecular formula is C12H16N2O3. The largest absolute Gasteiger partial charge is 0.448 e. The zero-order valence-electron chi connectivity index (χ0n) is 10.2. The van der Waals surface area contributed by atoms with Gasteiger partial charge in [0.2, 0.25) is 5.91 Å². The second-order valence-electron chi connectivity index (χ2n) is 4.93. The lowest BCUT2D eigenvalue weighted by molar-refractivity contribution is -0.172. The lowest BCUT2D eigenvalue weighted by Gasteiger charge is -2.44. The summed E-state index contributed by atoms with van der Waals surface area (Å²) in [5, 5.41) is 3.08. The van der Waals surface area contributed by atoms with Gasteiger partial charge in [0.1, 0.15) is 0 Å². The minimum absolute atomic E-state index is 0.0191. The number of amides is 2. The highest BCUT2D eigenvalue weighted by Crippen LogP contribution is 2.51. The fourth-order valence-corrected chi connectivity index (χ4v) is 3.22. The predicted molar refractivity (Wildman–Crippen MR) is 59.7 cm³/mol. The van der Waals surface area contributed by atoms with Crippen LogP contribution in [-0.4, -0.2) is 40.7 Å². The minimum atomic E-state index is -0.408. The molecule has 0 N–H and O–H groups in total. The summed E-state index contributed by atoms with van der Waals surface area (Å²) in [5.74, 6) is 0.358. The second-order valence-corrected chi connectivity index (χ2v) is 4.93. The third kappa shape index (κ3) is 1.09. The van der Waals surface area contributed by atoms with E-state index in [1.807, 2.05) is 13.0 Å². The Kier molecular flexibility index (Phi) is 2.03. The van der Waals surface area contributed by atoms with E-state index >= 15 is 0 Å². The van der Waals surface area contributed by atoms with Crippen molar-refractivity contribution in [1.29, 1.82) is 0 Å². The van der Waals surface area contributed by atoms with E-state index in [2.05, 4.69) is 6.92 Å². The first-order valence-electron chi connectivity index (χ1n) is 6.05. The topological polar surface area (TPSA) is 49.9 Å². The standard InChI is InChI=1S/C12H16N2O3/c1-4-17-12(16)13-8-5-6(2)9(8)10-7(3)11(15)14(10)13/h5,7-10H,4H2,1-3H3/t7-,8+,9-,10-/m0/s1. The molecule has 0 aromatic carbocycles. The average molecular weight is 236 g/mol. The summed E-state index contributed by atoms with van der Waals surface area (Å²) in [7, 11) is 0. The zero-order chi connectivity index (χ0) is 12.3. The number of hydrazine groups is 1. The van der Waals surface area contributed by atoms with Crippen molar-refractivity contribution in [3.63, 3.8) is 0 Å². The Hall–Kier alpha value is -1.52. The summed E-state index contributed by atoms with van der Waals surface area (Å²) in [4.78, 5) is 23.7. The lowest BCUT2D eigenvalue weighted by Crippen LogP contribution is -2.63. The molecule has 0 saturated carbocycles. The molecule has 92 valence electrons. The van der Waals surface area contributed by atoms with Crippen molar-refractivity contribution < 1.29 is 14.3 Å². The van der Waals surface area contributed by atoms with Crippen molar-refractivity contribution in [2.24, 2.45) is 11.8 Å². The van der Waals surface area contributed by atoms with Gasteiger partial charge in [0.15, 0.2) is 0 Å². The quantitative estimate of drug-likeness (QED) is 0.507. The van der Waals surface area contributed by atoms with Gasteiger partial charge in [0.05, 0.1) is 24.6 Å². The predicted octanol–water partition coefficient (Wildman–Crippen LogP) is 1.17. The number of nitrogens with zero attached hydrogens (tertiary/aromatic N) is 2. The minimum Gasteiger partial charge on any atom is -0.448 e. The lowest BCUT2D eigenvalue weighted by atomic mass is 9.71. The molecule has 0 spiro atoms. The number of ether oxygens (including phenoxy) is 1. The molecule has 3 aliphatic rings. The third-order valence-corrected chi connectivity index (χ3v) is 4.07. The van der Waals surface area contributed by atoms with Crippen LogP contribution in [0.3, 0.4) is 0 Å². The van der Waals surface area contributed by atoms with E-state index in [1.54, 1.807) is 11.9 Å². The maximum atomic E-state index is 11.9. The van der Waals surface area contributed by atoms with Crippen molar-refractivity contribution in [2.75, 3.05) is 6.61 Å². The Morgan fingerprint density at radius 3 is 2.82 bits per heavy atom. The molecule has 1 aliphatic carbocycles. The summed E-state index contributed by atoms with van der Waals surface area (Å²) < 4.78 is 5.01. The van der Waals surface area contributed by atoms with Crippen LogP contribution in [0.15, 0.2) is 11.6 Å². The molecule has 3 rings (SSSR count). The number of carbonyl (C=O) groups excluding carboxylic acids is 2. The fraction of sp³-hybridized carbons (Fsp3) is 0.667. The van der Waals surface area contributed by atoms with Gasteiger partial charge >= 0.3 is 6.09 Å². The number of hydrogen-bond donors (Lipinski definition) is 0. The molecule has 5 heteroatoms. The van der Waals surface area contributed by atoms with Gasteiger partial charge in [0.25, 0.3) is 0 Å². The van der Waals surface area contributed by atoms with Gasteiger partial charge < -0.3 is 4.74 Å². The van der Waals surface area contributed by atoms with Crippen LogP contribution in [0.5, 0.6) is 0 Å². The van der Waals surface area contributed by atoms with Gasteiger partial charge in [-0.05, 0) is 13.8 Å². The highest BCUT2D eigenvalue weighted by Gasteiger charge is 2.64. The number of rotatable bonds is 1. The fourth-order valence-electron chi connectivity index (χ4n) is 3.22. The highest BCUT2D eigenvalue weighted by molar-refractivity contribution is 5.89. The van der Waals surface area contributed by atoms with Crippen LogP contribution in [0.4, 0.5) is 4.79 Å². The molecule has 4 atom stereocenters. The van der Waals surface area contributed by atoms with Gasteiger partial charge in [0, 0.05) is 5.92 Å². The van der Waals surface area contributed by atoms with Gasteiger partial charge in [-0.15, -0.1) is 0 Å². The first-order chi connectivity index (χ1) is 8.07. The molecule has 2 amide bonds. The Bertz CT molecular complexity index is 431. The molecule has 0 bridgehead atoms. The normalized spacial score (nSPS) is 37.8. The van der Waals surface area contributed by atoms with Crippen molar-refractivity contribution in [3.05, 3.63) is 11.6 Å². The summed E-state index contributed by atoms with van der Waals surface area (Å²) in [5.41, 5.74) is 1.27. The van der Waals surface area contributed by atoms with Crippen LogP contribution in [0.2, 0.25) is 0 Å². The van der Waals surface area contributed by atoms with E-state index in [4.69, 9.17) is 4.74 Å². The molecule has 5 nitrogen and oxygen atoms in total. The Labute approximate surface area is 100.0 Å². The molecule has 2 heterocycles. The van der Waals surface area contributed by atoms with Gasteiger partial charge in [-0.3, -0.25) is 4.79 Å². The summed E-state index contributed by atoms with van der Waals surface area (Å²) >= 11 is 0. The summed E-state index contributed by atoms with van der Waals surface area (Å²) in [6.45, 7) is 6.09. The smallest absolute Gasteiger partial charge is 0.429 e. The SMILES string of the molecule is CCOC(=O)N1[C@@H]2C=C(C)[C@@H]2[C@@H]2[C@H](C)C(=O)N21.